The van der Waals surface area contributed by atoms with Crippen LogP contribution in [0.2, 0.25) is 0 Å². The van der Waals surface area contributed by atoms with Crippen molar-refractivity contribution in [2.45, 2.75) is 6.04 Å². The van der Waals surface area contributed by atoms with Gasteiger partial charge in [0, 0.05) is 14.9 Å². The molecule has 2 rings (SSSR count). The van der Waals surface area contributed by atoms with Crippen LogP contribution in [0.4, 0.5) is 0 Å². The Morgan fingerprint density at radius 3 is 2.56 bits per heavy atom. The molecule has 0 aliphatic heterocycles. The van der Waals surface area contributed by atoms with Gasteiger partial charge in [-0.25, -0.2) is 0 Å². The Bertz CT molecular complexity index is 542. The summed E-state index contributed by atoms with van der Waals surface area (Å²) in [7, 11) is 3.66. The second-order valence-corrected chi connectivity index (χ2v) is 7.16. The predicted molar refractivity (Wildman–Crippen MR) is 83.6 cm³/mol. The number of ether oxygens (including phenoxy) is 1. The molecule has 5 heteroatoms. The SMILES string of the molecule is CNC(c1ccc(Br)s1)c1cc(Br)ccc1OC. The van der Waals surface area contributed by atoms with Crippen LogP contribution in [0.15, 0.2) is 38.6 Å². The van der Waals surface area contributed by atoms with Crippen LogP contribution in [0.1, 0.15) is 16.5 Å². The van der Waals surface area contributed by atoms with Crippen molar-refractivity contribution in [2.24, 2.45) is 0 Å². The van der Waals surface area contributed by atoms with E-state index < -0.39 is 0 Å². The van der Waals surface area contributed by atoms with Gasteiger partial charge in [0.2, 0.25) is 0 Å². The lowest BCUT2D eigenvalue weighted by Gasteiger charge is -2.18. The van der Waals surface area contributed by atoms with Gasteiger partial charge in [0.1, 0.15) is 5.75 Å². The standard InChI is InChI=1S/C13H13Br2NOS/c1-16-13(11-5-6-12(15)18-11)9-7-8(14)3-4-10(9)17-2/h3-7,13,16H,1-2H3. The fourth-order valence-electron chi connectivity index (χ4n) is 1.87. The average molecular weight is 391 g/mol. The Labute approximate surface area is 128 Å². The minimum absolute atomic E-state index is 0.133. The lowest BCUT2D eigenvalue weighted by Crippen LogP contribution is -2.17. The average Bonchev–Trinajstić information content (AvgIpc) is 2.77. The Morgan fingerprint density at radius 2 is 2.00 bits per heavy atom. The van der Waals surface area contributed by atoms with Crippen LogP contribution in [-0.2, 0) is 0 Å². The molecule has 1 unspecified atom stereocenters. The van der Waals surface area contributed by atoms with Crippen molar-refractivity contribution in [1.82, 2.24) is 5.32 Å². The zero-order chi connectivity index (χ0) is 13.1. The molecule has 1 N–H and O–H groups in total. The fraction of sp³-hybridized carbons (Fsp3) is 0.231. The molecule has 0 aliphatic carbocycles. The minimum atomic E-state index is 0.133. The van der Waals surface area contributed by atoms with Gasteiger partial charge in [-0.3, -0.25) is 0 Å². The molecular formula is C13H13Br2NOS. The van der Waals surface area contributed by atoms with E-state index >= 15 is 0 Å². The summed E-state index contributed by atoms with van der Waals surface area (Å²) >= 11 is 8.74. The van der Waals surface area contributed by atoms with Crippen molar-refractivity contribution in [3.05, 3.63) is 49.0 Å². The third-order valence-electron chi connectivity index (χ3n) is 2.67. The number of nitrogens with one attached hydrogen (secondary N) is 1. The summed E-state index contributed by atoms with van der Waals surface area (Å²) in [6, 6.07) is 10.4. The zero-order valence-corrected chi connectivity index (χ0v) is 14.0. The lowest BCUT2D eigenvalue weighted by molar-refractivity contribution is 0.405. The van der Waals surface area contributed by atoms with E-state index in [-0.39, 0.29) is 6.04 Å². The van der Waals surface area contributed by atoms with Gasteiger partial charge in [-0.2, -0.15) is 0 Å². The summed E-state index contributed by atoms with van der Waals surface area (Å²) in [6.45, 7) is 0. The van der Waals surface area contributed by atoms with E-state index in [0.717, 1.165) is 19.6 Å². The molecule has 1 heterocycles. The number of halogens is 2. The van der Waals surface area contributed by atoms with Crippen molar-refractivity contribution < 1.29 is 4.74 Å². The summed E-state index contributed by atoms with van der Waals surface area (Å²) in [6.07, 6.45) is 0. The van der Waals surface area contributed by atoms with Gasteiger partial charge in [0.05, 0.1) is 16.9 Å². The molecule has 0 radical (unpaired) electrons. The summed E-state index contributed by atoms with van der Waals surface area (Å²) in [5, 5.41) is 3.34. The monoisotopic (exact) mass is 389 g/mol. The van der Waals surface area contributed by atoms with Crippen LogP contribution in [0, 0.1) is 0 Å². The number of methoxy groups -OCH3 is 1. The summed E-state index contributed by atoms with van der Waals surface area (Å²) in [4.78, 5) is 1.25. The molecule has 0 saturated carbocycles. The Hall–Kier alpha value is -0.360. The number of hydrogen-bond acceptors (Lipinski definition) is 3. The molecule has 0 amide bonds. The second kappa shape index (κ2) is 6.19. The number of thiophene rings is 1. The van der Waals surface area contributed by atoms with E-state index in [0.29, 0.717) is 0 Å². The van der Waals surface area contributed by atoms with Crippen LogP contribution >= 0.6 is 43.2 Å². The van der Waals surface area contributed by atoms with Gasteiger partial charge < -0.3 is 10.1 Å². The minimum Gasteiger partial charge on any atom is -0.496 e. The first kappa shape index (κ1) is 14.1. The third-order valence-corrected chi connectivity index (χ3v) is 4.85. The smallest absolute Gasteiger partial charge is 0.124 e. The first-order valence-corrected chi connectivity index (χ1v) is 7.82. The maximum atomic E-state index is 5.44. The van der Waals surface area contributed by atoms with Crippen molar-refractivity contribution in [1.29, 1.82) is 0 Å². The largest absolute Gasteiger partial charge is 0.496 e. The number of hydrogen-bond donors (Lipinski definition) is 1. The Kier molecular flexibility index (Phi) is 4.84. The van der Waals surface area contributed by atoms with Gasteiger partial charge in [-0.15, -0.1) is 11.3 Å². The van der Waals surface area contributed by atoms with Crippen molar-refractivity contribution >= 4 is 43.2 Å². The maximum absolute atomic E-state index is 5.44. The van der Waals surface area contributed by atoms with Crippen molar-refractivity contribution in [3.63, 3.8) is 0 Å². The van der Waals surface area contributed by atoms with Gasteiger partial charge in [0.15, 0.2) is 0 Å². The van der Waals surface area contributed by atoms with Crippen LogP contribution in [0.3, 0.4) is 0 Å². The molecule has 1 aromatic carbocycles. The van der Waals surface area contributed by atoms with E-state index in [9.17, 15) is 0 Å². The van der Waals surface area contributed by atoms with Crippen LogP contribution in [-0.4, -0.2) is 14.2 Å². The number of rotatable bonds is 4. The molecule has 1 aromatic heterocycles. The van der Waals surface area contributed by atoms with E-state index in [2.05, 4.69) is 55.4 Å². The highest BCUT2D eigenvalue weighted by molar-refractivity contribution is 9.11. The Morgan fingerprint density at radius 1 is 1.22 bits per heavy atom. The van der Waals surface area contributed by atoms with Crippen molar-refractivity contribution in [3.8, 4) is 5.75 Å². The highest BCUT2D eigenvalue weighted by Crippen LogP contribution is 2.36. The van der Waals surface area contributed by atoms with Gasteiger partial charge in [0.25, 0.3) is 0 Å². The number of benzene rings is 1. The topological polar surface area (TPSA) is 21.3 Å². The highest BCUT2D eigenvalue weighted by atomic mass is 79.9. The molecule has 2 aromatic rings. The van der Waals surface area contributed by atoms with E-state index in [1.807, 2.05) is 19.2 Å². The van der Waals surface area contributed by atoms with Crippen LogP contribution < -0.4 is 10.1 Å². The molecule has 18 heavy (non-hydrogen) atoms. The predicted octanol–water partition coefficient (Wildman–Crippen LogP) is 4.59. The molecule has 0 saturated heterocycles. The van der Waals surface area contributed by atoms with Gasteiger partial charge in [-0.1, -0.05) is 15.9 Å². The van der Waals surface area contributed by atoms with Crippen LogP contribution in [0.5, 0.6) is 5.75 Å². The van der Waals surface area contributed by atoms with Gasteiger partial charge >= 0.3 is 0 Å². The van der Waals surface area contributed by atoms with E-state index in [4.69, 9.17) is 4.74 Å². The summed E-state index contributed by atoms with van der Waals surface area (Å²) < 4.78 is 7.62. The lowest BCUT2D eigenvalue weighted by atomic mass is 10.0. The van der Waals surface area contributed by atoms with E-state index in [1.165, 1.54) is 4.88 Å². The molecule has 0 spiro atoms. The second-order valence-electron chi connectivity index (χ2n) is 3.75. The Balaban J connectivity index is 2.47. The normalized spacial score (nSPS) is 12.4. The quantitative estimate of drug-likeness (QED) is 0.824. The molecule has 2 nitrogen and oxygen atoms in total. The molecule has 0 fully saturated rings. The molecule has 1 atom stereocenters. The maximum Gasteiger partial charge on any atom is 0.124 e. The van der Waals surface area contributed by atoms with E-state index in [1.54, 1.807) is 18.4 Å². The third kappa shape index (κ3) is 2.96. The first-order chi connectivity index (χ1) is 8.65. The summed E-state index contributed by atoms with van der Waals surface area (Å²) in [5.74, 6) is 0.891. The van der Waals surface area contributed by atoms with Crippen molar-refractivity contribution in [2.75, 3.05) is 14.2 Å². The van der Waals surface area contributed by atoms with Gasteiger partial charge in [-0.05, 0) is 53.3 Å². The summed E-state index contributed by atoms with van der Waals surface area (Å²) in [5.41, 5.74) is 1.13. The zero-order valence-electron chi connectivity index (χ0n) is 10.0. The van der Waals surface area contributed by atoms with Crippen LogP contribution in [0.25, 0.3) is 0 Å². The first-order valence-electron chi connectivity index (χ1n) is 5.41. The molecule has 96 valence electrons. The highest BCUT2D eigenvalue weighted by Gasteiger charge is 2.18. The fourth-order valence-corrected chi connectivity index (χ4v) is 3.80. The molecule has 0 bridgehead atoms. The molecular weight excluding hydrogens is 378 g/mol. The molecule has 0 aliphatic rings.